The smallest absolute Gasteiger partial charge is 0.289 e. The molecule has 0 bridgehead atoms. The Morgan fingerprint density at radius 2 is 2.10 bits per heavy atom. The molecule has 1 amide bonds. The first kappa shape index (κ1) is 13.9. The number of rotatable bonds is 2. The number of aryl methyl sites for hydroxylation is 1. The maximum absolute atomic E-state index is 12.2. The Balaban J connectivity index is 1.66. The Morgan fingerprint density at radius 3 is 2.71 bits per heavy atom. The number of halogens is 1. The summed E-state index contributed by atoms with van der Waals surface area (Å²) in [6, 6.07) is 5.28. The minimum Gasteiger partial charge on any atom is -0.459 e. The first-order valence-electron chi connectivity index (χ1n) is 6.85. The fourth-order valence-corrected chi connectivity index (χ4v) is 2.76. The van der Waals surface area contributed by atoms with Crippen molar-refractivity contribution in [3.63, 3.8) is 0 Å². The molecule has 0 radical (unpaired) electrons. The van der Waals surface area contributed by atoms with E-state index in [1.807, 2.05) is 17.9 Å². The van der Waals surface area contributed by atoms with Crippen LogP contribution in [0.25, 0.3) is 0 Å². The van der Waals surface area contributed by atoms with Gasteiger partial charge in [-0.3, -0.25) is 4.79 Å². The van der Waals surface area contributed by atoms with E-state index in [0.29, 0.717) is 24.0 Å². The molecule has 0 aromatic carbocycles. The van der Waals surface area contributed by atoms with E-state index < -0.39 is 0 Å². The van der Waals surface area contributed by atoms with E-state index in [1.54, 1.807) is 18.3 Å². The van der Waals surface area contributed by atoms with Gasteiger partial charge in [0.1, 0.15) is 5.15 Å². The van der Waals surface area contributed by atoms with Crippen LogP contribution >= 0.6 is 11.6 Å². The number of carbonyl (C=O) groups is 1. The van der Waals surface area contributed by atoms with Gasteiger partial charge in [0.25, 0.3) is 5.91 Å². The first-order valence-corrected chi connectivity index (χ1v) is 7.23. The molecule has 1 fully saturated rings. The van der Waals surface area contributed by atoms with Crippen LogP contribution in [0.1, 0.15) is 16.1 Å². The molecule has 2 aromatic rings. The summed E-state index contributed by atoms with van der Waals surface area (Å²) in [6.07, 6.45) is 3.31. The monoisotopic (exact) mass is 305 g/mol. The van der Waals surface area contributed by atoms with Crippen molar-refractivity contribution >= 4 is 23.2 Å². The molecule has 0 saturated carbocycles. The zero-order valence-corrected chi connectivity index (χ0v) is 12.5. The molecule has 0 N–H and O–H groups in total. The molecule has 110 valence electrons. The molecule has 6 heteroatoms. The number of aromatic nitrogens is 1. The van der Waals surface area contributed by atoms with Crippen molar-refractivity contribution in [1.29, 1.82) is 0 Å². The van der Waals surface area contributed by atoms with Crippen LogP contribution in [-0.4, -0.2) is 42.0 Å². The summed E-state index contributed by atoms with van der Waals surface area (Å²) in [5.74, 6) is 0.346. The number of hydrogen-bond donors (Lipinski definition) is 0. The van der Waals surface area contributed by atoms with Gasteiger partial charge in [-0.25, -0.2) is 4.98 Å². The molecule has 3 rings (SSSR count). The van der Waals surface area contributed by atoms with Crippen LogP contribution in [0, 0.1) is 6.92 Å². The quantitative estimate of drug-likeness (QED) is 0.800. The SMILES string of the molecule is Cc1cc(Cl)ncc1N1CCN(C(=O)c2ccco2)CC1. The normalized spacial score (nSPS) is 15.3. The number of anilines is 1. The second-order valence-corrected chi connectivity index (χ2v) is 5.44. The minimum absolute atomic E-state index is 0.0504. The van der Waals surface area contributed by atoms with Crippen LogP contribution in [0.5, 0.6) is 0 Å². The van der Waals surface area contributed by atoms with Gasteiger partial charge in [-0.05, 0) is 30.7 Å². The lowest BCUT2D eigenvalue weighted by atomic mass is 10.2. The van der Waals surface area contributed by atoms with Gasteiger partial charge in [0.2, 0.25) is 0 Å². The van der Waals surface area contributed by atoms with E-state index >= 15 is 0 Å². The van der Waals surface area contributed by atoms with Crippen LogP contribution < -0.4 is 4.90 Å². The van der Waals surface area contributed by atoms with Crippen LogP contribution in [0.3, 0.4) is 0 Å². The zero-order valence-electron chi connectivity index (χ0n) is 11.8. The van der Waals surface area contributed by atoms with E-state index in [4.69, 9.17) is 16.0 Å². The van der Waals surface area contributed by atoms with Gasteiger partial charge in [-0.15, -0.1) is 0 Å². The molecule has 5 nitrogen and oxygen atoms in total. The zero-order chi connectivity index (χ0) is 14.8. The van der Waals surface area contributed by atoms with Crippen molar-refractivity contribution in [2.75, 3.05) is 31.1 Å². The topological polar surface area (TPSA) is 49.6 Å². The number of pyridine rings is 1. The third kappa shape index (κ3) is 2.88. The van der Waals surface area contributed by atoms with Crippen molar-refractivity contribution in [1.82, 2.24) is 9.88 Å². The van der Waals surface area contributed by atoms with E-state index in [-0.39, 0.29) is 5.91 Å². The maximum atomic E-state index is 12.2. The highest BCUT2D eigenvalue weighted by Crippen LogP contribution is 2.23. The number of nitrogens with zero attached hydrogens (tertiary/aromatic N) is 3. The molecule has 1 saturated heterocycles. The number of hydrogen-bond acceptors (Lipinski definition) is 4. The maximum Gasteiger partial charge on any atom is 0.289 e. The predicted molar refractivity (Wildman–Crippen MR) is 80.8 cm³/mol. The third-order valence-corrected chi connectivity index (χ3v) is 3.90. The van der Waals surface area contributed by atoms with Crippen molar-refractivity contribution in [2.24, 2.45) is 0 Å². The number of carbonyl (C=O) groups excluding carboxylic acids is 1. The Morgan fingerprint density at radius 1 is 1.33 bits per heavy atom. The Bertz CT molecular complexity index is 634. The Hall–Kier alpha value is -2.01. The second kappa shape index (κ2) is 5.77. The third-order valence-electron chi connectivity index (χ3n) is 3.69. The molecular formula is C15H16ClN3O2. The fraction of sp³-hybridized carbons (Fsp3) is 0.333. The average molecular weight is 306 g/mol. The standard InChI is InChI=1S/C15H16ClN3O2/c1-11-9-14(16)17-10-12(11)18-4-6-19(7-5-18)15(20)13-3-2-8-21-13/h2-3,8-10H,4-7H2,1H3. The van der Waals surface area contributed by atoms with E-state index in [9.17, 15) is 4.79 Å². The predicted octanol–water partition coefficient (Wildman–Crippen LogP) is 2.60. The molecule has 0 aliphatic carbocycles. The molecule has 3 heterocycles. The van der Waals surface area contributed by atoms with Gasteiger partial charge in [0, 0.05) is 26.2 Å². The number of furan rings is 1. The highest BCUT2D eigenvalue weighted by Gasteiger charge is 2.24. The van der Waals surface area contributed by atoms with Gasteiger partial charge < -0.3 is 14.2 Å². The lowest BCUT2D eigenvalue weighted by Crippen LogP contribution is -2.49. The molecule has 1 aliphatic rings. The lowest BCUT2D eigenvalue weighted by Gasteiger charge is -2.36. The van der Waals surface area contributed by atoms with Crippen molar-refractivity contribution in [2.45, 2.75) is 6.92 Å². The second-order valence-electron chi connectivity index (χ2n) is 5.05. The average Bonchev–Trinajstić information content (AvgIpc) is 3.01. The summed E-state index contributed by atoms with van der Waals surface area (Å²) < 4.78 is 5.16. The highest BCUT2D eigenvalue weighted by atomic mass is 35.5. The minimum atomic E-state index is -0.0504. The van der Waals surface area contributed by atoms with Gasteiger partial charge in [-0.1, -0.05) is 11.6 Å². The molecule has 0 unspecified atom stereocenters. The van der Waals surface area contributed by atoms with Crippen LogP contribution in [0.2, 0.25) is 5.15 Å². The van der Waals surface area contributed by atoms with Crippen molar-refractivity contribution in [3.8, 4) is 0 Å². The molecule has 0 spiro atoms. The van der Waals surface area contributed by atoms with Crippen molar-refractivity contribution in [3.05, 3.63) is 47.1 Å². The fourth-order valence-electron chi connectivity index (χ4n) is 2.55. The van der Waals surface area contributed by atoms with Crippen LogP contribution in [0.15, 0.2) is 35.1 Å². The van der Waals surface area contributed by atoms with Gasteiger partial charge in [0.15, 0.2) is 5.76 Å². The van der Waals surface area contributed by atoms with Crippen LogP contribution in [-0.2, 0) is 0 Å². The summed E-state index contributed by atoms with van der Waals surface area (Å²) >= 11 is 5.88. The van der Waals surface area contributed by atoms with Crippen molar-refractivity contribution < 1.29 is 9.21 Å². The number of amides is 1. The van der Waals surface area contributed by atoms with Crippen LogP contribution in [0.4, 0.5) is 5.69 Å². The molecule has 1 aliphatic heterocycles. The van der Waals surface area contributed by atoms with E-state index in [0.717, 1.165) is 24.3 Å². The molecular weight excluding hydrogens is 290 g/mol. The van der Waals surface area contributed by atoms with Gasteiger partial charge in [-0.2, -0.15) is 0 Å². The lowest BCUT2D eigenvalue weighted by molar-refractivity contribution is 0.0714. The number of piperazine rings is 1. The van der Waals surface area contributed by atoms with Gasteiger partial charge >= 0.3 is 0 Å². The summed E-state index contributed by atoms with van der Waals surface area (Å²) in [7, 11) is 0. The Labute approximate surface area is 128 Å². The summed E-state index contributed by atoms with van der Waals surface area (Å²) in [4.78, 5) is 20.4. The molecule has 0 atom stereocenters. The van der Waals surface area contributed by atoms with E-state index in [1.165, 1.54) is 6.26 Å². The van der Waals surface area contributed by atoms with Gasteiger partial charge in [0.05, 0.1) is 18.1 Å². The first-order chi connectivity index (χ1) is 10.1. The highest BCUT2D eigenvalue weighted by molar-refractivity contribution is 6.29. The molecule has 2 aromatic heterocycles. The summed E-state index contributed by atoms with van der Waals surface area (Å²) in [6.45, 7) is 4.90. The van der Waals surface area contributed by atoms with E-state index in [2.05, 4.69) is 9.88 Å². The summed E-state index contributed by atoms with van der Waals surface area (Å²) in [5, 5.41) is 0.503. The largest absolute Gasteiger partial charge is 0.459 e. The molecule has 21 heavy (non-hydrogen) atoms. The summed E-state index contributed by atoms with van der Waals surface area (Å²) in [5.41, 5.74) is 2.17. The Kier molecular flexibility index (Phi) is 3.84.